The molecular formula is C20H23NO4. The van der Waals surface area contributed by atoms with E-state index in [0.29, 0.717) is 23.4 Å². The highest BCUT2D eigenvalue weighted by Crippen LogP contribution is 2.22. The Labute approximate surface area is 148 Å². The van der Waals surface area contributed by atoms with Gasteiger partial charge in [0.2, 0.25) is 0 Å². The normalized spacial score (nSPS) is 11.5. The molecule has 2 rings (SSSR count). The summed E-state index contributed by atoms with van der Waals surface area (Å²) in [7, 11) is 1.32. The van der Waals surface area contributed by atoms with Crippen LogP contribution in [-0.4, -0.2) is 25.1 Å². The van der Waals surface area contributed by atoms with Gasteiger partial charge in [-0.15, -0.1) is 0 Å². The minimum absolute atomic E-state index is 0.259. The fraction of sp³-hybridized carbons (Fsp3) is 0.300. The minimum atomic E-state index is -0.623. The Morgan fingerprint density at radius 2 is 1.88 bits per heavy atom. The molecule has 0 unspecified atom stereocenters. The average molecular weight is 341 g/mol. The Kier molecular flexibility index (Phi) is 6.17. The van der Waals surface area contributed by atoms with Gasteiger partial charge in [0, 0.05) is 5.69 Å². The molecule has 2 aromatic rings. The van der Waals surface area contributed by atoms with Crippen molar-refractivity contribution in [3.63, 3.8) is 0 Å². The molecule has 0 bridgehead atoms. The highest BCUT2D eigenvalue weighted by atomic mass is 16.5. The van der Waals surface area contributed by atoms with Crippen LogP contribution in [0.1, 0.15) is 34.8 Å². The highest BCUT2D eigenvalue weighted by molar-refractivity contribution is 5.96. The number of benzene rings is 2. The van der Waals surface area contributed by atoms with Crippen LogP contribution in [0.4, 0.5) is 5.69 Å². The lowest BCUT2D eigenvalue weighted by Crippen LogP contribution is -2.32. The third kappa shape index (κ3) is 4.83. The van der Waals surface area contributed by atoms with Crippen molar-refractivity contribution in [1.82, 2.24) is 0 Å². The summed E-state index contributed by atoms with van der Waals surface area (Å²) in [5, 5.41) is 2.79. The predicted molar refractivity (Wildman–Crippen MR) is 97.0 cm³/mol. The van der Waals surface area contributed by atoms with Crippen molar-refractivity contribution in [2.24, 2.45) is 0 Å². The molecule has 0 aliphatic carbocycles. The first-order chi connectivity index (χ1) is 11.9. The fourth-order valence-corrected chi connectivity index (χ4v) is 2.37. The third-order valence-electron chi connectivity index (χ3n) is 3.83. The first kappa shape index (κ1) is 18.5. The quantitative estimate of drug-likeness (QED) is 0.810. The minimum Gasteiger partial charge on any atom is -0.480 e. The summed E-state index contributed by atoms with van der Waals surface area (Å²) < 4.78 is 10.6. The number of nitrogens with one attached hydrogen (secondary N) is 1. The molecule has 0 saturated heterocycles. The lowest BCUT2D eigenvalue weighted by Gasteiger charge is -2.19. The summed E-state index contributed by atoms with van der Waals surface area (Å²) in [6.07, 6.45) is -0.0992. The molecule has 0 heterocycles. The van der Waals surface area contributed by atoms with Gasteiger partial charge in [0.25, 0.3) is 5.91 Å². The summed E-state index contributed by atoms with van der Waals surface area (Å²) in [4.78, 5) is 24.1. The number of hydrogen-bond acceptors (Lipinski definition) is 4. The van der Waals surface area contributed by atoms with E-state index in [1.54, 1.807) is 24.3 Å². The number of rotatable bonds is 6. The zero-order chi connectivity index (χ0) is 18.4. The van der Waals surface area contributed by atoms with Crippen LogP contribution in [0, 0.1) is 13.8 Å². The number of carbonyl (C=O) groups is 2. The van der Waals surface area contributed by atoms with E-state index in [0.717, 1.165) is 11.1 Å². The Morgan fingerprint density at radius 1 is 1.12 bits per heavy atom. The highest BCUT2D eigenvalue weighted by Gasteiger charge is 2.20. The van der Waals surface area contributed by atoms with Gasteiger partial charge in [0.1, 0.15) is 5.75 Å². The summed E-state index contributed by atoms with van der Waals surface area (Å²) >= 11 is 0. The molecule has 1 N–H and O–H groups in total. The zero-order valence-corrected chi connectivity index (χ0v) is 15.0. The van der Waals surface area contributed by atoms with Gasteiger partial charge in [-0.1, -0.05) is 25.1 Å². The van der Waals surface area contributed by atoms with Crippen LogP contribution >= 0.6 is 0 Å². The molecule has 1 atom stereocenters. The van der Waals surface area contributed by atoms with Crippen molar-refractivity contribution in [2.75, 3.05) is 12.4 Å². The number of hydrogen-bond donors (Lipinski definition) is 1. The zero-order valence-electron chi connectivity index (χ0n) is 15.0. The van der Waals surface area contributed by atoms with Crippen LogP contribution in [0.3, 0.4) is 0 Å². The standard InChI is InChI=1S/C20H23NO4/c1-5-17(25-18-11-13(2)9-10-14(18)3)19(22)21-16-8-6-7-15(12-16)20(23)24-4/h6-12,17H,5H2,1-4H3,(H,21,22)/t17-/m1/s1. The predicted octanol–water partition coefficient (Wildman–Crippen LogP) is 3.89. The van der Waals surface area contributed by atoms with Gasteiger partial charge in [0.05, 0.1) is 12.7 Å². The molecule has 0 fully saturated rings. The molecule has 132 valence electrons. The maximum atomic E-state index is 12.5. The van der Waals surface area contributed by atoms with Gasteiger partial charge in [-0.05, 0) is 55.7 Å². The topological polar surface area (TPSA) is 64.6 Å². The van der Waals surface area contributed by atoms with Crippen LogP contribution in [0.15, 0.2) is 42.5 Å². The molecule has 5 heteroatoms. The van der Waals surface area contributed by atoms with Gasteiger partial charge >= 0.3 is 5.97 Å². The van der Waals surface area contributed by atoms with Gasteiger partial charge in [0.15, 0.2) is 6.10 Å². The lowest BCUT2D eigenvalue weighted by atomic mass is 10.1. The largest absolute Gasteiger partial charge is 0.480 e. The number of methoxy groups -OCH3 is 1. The number of anilines is 1. The maximum absolute atomic E-state index is 12.5. The van der Waals surface area contributed by atoms with Crippen molar-refractivity contribution < 1.29 is 19.1 Å². The second kappa shape index (κ2) is 8.33. The molecule has 2 aromatic carbocycles. The number of esters is 1. The second-order valence-corrected chi connectivity index (χ2v) is 5.85. The Bertz CT molecular complexity index is 770. The molecule has 0 radical (unpaired) electrons. The SMILES string of the molecule is CC[C@@H](Oc1cc(C)ccc1C)C(=O)Nc1cccc(C(=O)OC)c1. The van der Waals surface area contributed by atoms with Gasteiger partial charge in [-0.25, -0.2) is 4.79 Å². The van der Waals surface area contributed by atoms with Crippen molar-refractivity contribution in [1.29, 1.82) is 0 Å². The van der Waals surface area contributed by atoms with E-state index in [-0.39, 0.29) is 5.91 Å². The lowest BCUT2D eigenvalue weighted by molar-refractivity contribution is -0.122. The summed E-state index contributed by atoms with van der Waals surface area (Å²) in [5.41, 5.74) is 2.95. The summed E-state index contributed by atoms with van der Waals surface area (Å²) in [5.74, 6) is -0.00879. The fourth-order valence-electron chi connectivity index (χ4n) is 2.37. The first-order valence-corrected chi connectivity index (χ1v) is 8.17. The van der Waals surface area contributed by atoms with Crippen LogP contribution in [0.5, 0.6) is 5.75 Å². The number of amides is 1. The molecular weight excluding hydrogens is 318 g/mol. The number of carbonyl (C=O) groups excluding carboxylic acids is 2. The monoisotopic (exact) mass is 341 g/mol. The van der Waals surface area contributed by atoms with Gasteiger partial charge in [-0.2, -0.15) is 0 Å². The molecule has 0 spiro atoms. The van der Waals surface area contributed by atoms with E-state index in [4.69, 9.17) is 9.47 Å². The Morgan fingerprint density at radius 3 is 2.56 bits per heavy atom. The molecule has 0 aromatic heterocycles. The Hall–Kier alpha value is -2.82. The maximum Gasteiger partial charge on any atom is 0.337 e. The number of ether oxygens (including phenoxy) is 2. The Balaban J connectivity index is 2.12. The van der Waals surface area contributed by atoms with Crippen molar-refractivity contribution in [3.05, 3.63) is 59.2 Å². The summed E-state index contributed by atoms with van der Waals surface area (Å²) in [6, 6.07) is 12.5. The van der Waals surface area contributed by atoms with E-state index < -0.39 is 12.1 Å². The molecule has 5 nitrogen and oxygen atoms in total. The van der Waals surface area contributed by atoms with E-state index in [1.807, 2.05) is 39.0 Å². The second-order valence-electron chi connectivity index (χ2n) is 5.85. The smallest absolute Gasteiger partial charge is 0.337 e. The average Bonchev–Trinajstić information content (AvgIpc) is 2.61. The van der Waals surface area contributed by atoms with E-state index in [1.165, 1.54) is 7.11 Å². The van der Waals surface area contributed by atoms with Crippen LogP contribution in [0.25, 0.3) is 0 Å². The molecule has 0 aliphatic heterocycles. The van der Waals surface area contributed by atoms with Crippen molar-refractivity contribution in [3.8, 4) is 5.75 Å². The third-order valence-corrected chi connectivity index (χ3v) is 3.83. The van der Waals surface area contributed by atoms with Crippen LogP contribution in [0.2, 0.25) is 0 Å². The van der Waals surface area contributed by atoms with Crippen LogP contribution in [-0.2, 0) is 9.53 Å². The van der Waals surface area contributed by atoms with Gasteiger partial charge < -0.3 is 14.8 Å². The van der Waals surface area contributed by atoms with Crippen LogP contribution < -0.4 is 10.1 Å². The molecule has 25 heavy (non-hydrogen) atoms. The first-order valence-electron chi connectivity index (χ1n) is 8.17. The van der Waals surface area contributed by atoms with E-state index in [9.17, 15) is 9.59 Å². The molecule has 0 saturated carbocycles. The number of aryl methyl sites for hydroxylation is 2. The van der Waals surface area contributed by atoms with E-state index in [2.05, 4.69) is 5.32 Å². The van der Waals surface area contributed by atoms with Gasteiger partial charge in [-0.3, -0.25) is 4.79 Å². The van der Waals surface area contributed by atoms with Crippen molar-refractivity contribution in [2.45, 2.75) is 33.3 Å². The molecule has 1 amide bonds. The van der Waals surface area contributed by atoms with Crippen molar-refractivity contribution >= 4 is 17.6 Å². The summed E-state index contributed by atoms with van der Waals surface area (Å²) in [6.45, 7) is 5.81. The van der Waals surface area contributed by atoms with E-state index >= 15 is 0 Å². The molecule has 0 aliphatic rings.